The number of alkyl halides is 3. The Morgan fingerprint density at radius 3 is 1.62 bits per heavy atom. The summed E-state index contributed by atoms with van der Waals surface area (Å²) in [6.45, 7) is 3.69. The summed E-state index contributed by atoms with van der Waals surface area (Å²) in [6.07, 6.45) is 3.30. The van der Waals surface area contributed by atoms with Crippen molar-refractivity contribution in [2.24, 2.45) is 0 Å². The molecule has 1 aliphatic rings. The van der Waals surface area contributed by atoms with Gasteiger partial charge in [0, 0.05) is 74.6 Å². The van der Waals surface area contributed by atoms with E-state index in [1.807, 2.05) is 100 Å². The Labute approximate surface area is 287 Å². The number of imide groups is 1. The number of urea groups is 1. The fraction of sp³-hybridized carbons (Fsp3) is 0.278. The van der Waals surface area contributed by atoms with Gasteiger partial charge in [0.05, 0.1) is 21.6 Å². The number of hydrogen-bond donors (Lipinski definition) is 1. The van der Waals surface area contributed by atoms with Crippen LogP contribution in [0.2, 0.25) is 0 Å². The molecule has 14 heteroatoms. The first-order chi connectivity index (χ1) is 23.5. The molecule has 2 atom stereocenters. The molecule has 1 saturated heterocycles. The number of fused-ring (bicyclic) bond motifs is 2. The molecular formula is C36H35F3N6O4S. The quantitative estimate of drug-likeness (QED) is 0.180. The lowest BCUT2D eigenvalue weighted by molar-refractivity contribution is -0.123. The zero-order valence-electron chi connectivity index (χ0n) is 28.1. The number of rotatable bonds is 8. The summed E-state index contributed by atoms with van der Waals surface area (Å²) >= 11 is 0. The summed E-state index contributed by atoms with van der Waals surface area (Å²) < 4.78 is 63.9. The summed E-state index contributed by atoms with van der Waals surface area (Å²) in [5, 5.41) is 4.55. The summed E-state index contributed by atoms with van der Waals surface area (Å²) in [7, 11) is 2.01. The number of anilines is 3. The molecule has 3 heterocycles. The second-order valence-electron chi connectivity index (χ2n) is 12.8. The van der Waals surface area contributed by atoms with Crippen LogP contribution in [0.1, 0.15) is 36.8 Å². The molecule has 0 spiro atoms. The maximum Gasteiger partial charge on any atom is 0.501 e. The first-order valence-electron chi connectivity index (χ1n) is 15.7. The van der Waals surface area contributed by atoms with Crippen LogP contribution in [0.25, 0.3) is 21.8 Å². The highest BCUT2D eigenvalue weighted by Gasteiger charge is 2.59. The van der Waals surface area contributed by atoms with Gasteiger partial charge in [-0.1, -0.05) is 26.0 Å². The SMILES string of the molecule is CC(c1ccnc2cc(N(C)C)ccc12)C1(C(C)c2ccnc3cc(N(C)C)ccc23)NC(=O)N(c2ccc(S(=O)(=O)C(F)(F)F)cc2)C1=O. The van der Waals surface area contributed by atoms with E-state index in [4.69, 9.17) is 0 Å². The minimum atomic E-state index is -5.65. The maximum absolute atomic E-state index is 15.0. The molecule has 1 aliphatic heterocycles. The zero-order chi connectivity index (χ0) is 36.3. The average molecular weight is 705 g/mol. The number of nitrogens with zero attached hydrogens (tertiary/aromatic N) is 5. The molecule has 3 aromatic carbocycles. The van der Waals surface area contributed by atoms with Gasteiger partial charge in [-0.2, -0.15) is 13.2 Å². The molecule has 0 bridgehead atoms. The van der Waals surface area contributed by atoms with Crippen LogP contribution in [-0.4, -0.2) is 69.6 Å². The lowest BCUT2D eigenvalue weighted by Gasteiger charge is -2.39. The second-order valence-corrected chi connectivity index (χ2v) is 14.8. The predicted molar refractivity (Wildman–Crippen MR) is 187 cm³/mol. The highest BCUT2D eigenvalue weighted by molar-refractivity contribution is 7.92. The van der Waals surface area contributed by atoms with Crippen molar-refractivity contribution in [3.63, 3.8) is 0 Å². The first kappa shape index (κ1) is 34.6. The largest absolute Gasteiger partial charge is 0.501 e. The van der Waals surface area contributed by atoms with Gasteiger partial charge in [0.15, 0.2) is 0 Å². The van der Waals surface area contributed by atoms with Crippen LogP contribution in [0.5, 0.6) is 0 Å². The van der Waals surface area contributed by atoms with E-state index in [-0.39, 0.29) is 5.69 Å². The van der Waals surface area contributed by atoms with E-state index in [0.717, 1.165) is 62.4 Å². The van der Waals surface area contributed by atoms with Crippen molar-refractivity contribution in [2.45, 2.75) is 41.6 Å². The van der Waals surface area contributed by atoms with E-state index >= 15 is 0 Å². The van der Waals surface area contributed by atoms with E-state index in [2.05, 4.69) is 15.3 Å². The van der Waals surface area contributed by atoms with E-state index in [0.29, 0.717) is 11.0 Å². The van der Waals surface area contributed by atoms with E-state index < -0.39 is 49.6 Å². The van der Waals surface area contributed by atoms with Crippen molar-refractivity contribution in [3.8, 4) is 0 Å². The monoisotopic (exact) mass is 704 g/mol. The Bertz CT molecular complexity index is 2160. The molecular weight excluding hydrogens is 669 g/mol. The molecule has 5 aromatic rings. The van der Waals surface area contributed by atoms with Gasteiger partial charge in [-0.25, -0.2) is 18.1 Å². The minimum absolute atomic E-state index is 0.0830. The number of sulfone groups is 1. The highest BCUT2D eigenvalue weighted by Crippen LogP contribution is 2.47. The summed E-state index contributed by atoms with van der Waals surface area (Å²) in [6, 6.07) is 17.9. The third-order valence-corrected chi connectivity index (χ3v) is 11.1. The first-order valence-corrected chi connectivity index (χ1v) is 17.2. The van der Waals surface area contributed by atoms with Crippen LogP contribution >= 0.6 is 0 Å². The number of pyridine rings is 2. The van der Waals surface area contributed by atoms with Gasteiger partial charge in [0.1, 0.15) is 5.54 Å². The van der Waals surface area contributed by atoms with Crippen molar-refractivity contribution in [3.05, 3.63) is 96.3 Å². The third kappa shape index (κ3) is 5.47. The molecule has 1 fully saturated rings. The van der Waals surface area contributed by atoms with Gasteiger partial charge < -0.3 is 15.1 Å². The zero-order valence-corrected chi connectivity index (χ0v) is 29.0. The Balaban J connectivity index is 1.53. The minimum Gasteiger partial charge on any atom is -0.378 e. The van der Waals surface area contributed by atoms with E-state index in [1.165, 1.54) is 0 Å². The van der Waals surface area contributed by atoms with Gasteiger partial charge >= 0.3 is 11.5 Å². The molecule has 0 aliphatic carbocycles. The number of nitrogens with one attached hydrogen (secondary N) is 1. The maximum atomic E-state index is 15.0. The molecule has 1 N–H and O–H groups in total. The number of carbonyl (C=O) groups is 2. The van der Waals surface area contributed by atoms with Crippen LogP contribution in [0.3, 0.4) is 0 Å². The Kier molecular flexibility index (Phi) is 8.49. The molecule has 260 valence electrons. The number of amides is 3. The molecule has 6 rings (SSSR count). The number of hydrogen-bond acceptors (Lipinski definition) is 8. The van der Waals surface area contributed by atoms with Crippen molar-refractivity contribution in [1.29, 1.82) is 0 Å². The van der Waals surface area contributed by atoms with Crippen LogP contribution in [0.15, 0.2) is 90.1 Å². The van der Waals surface area contributed by atoms with Crippen molar-refractivity contribution < 1.29 is 31.2 Å². The number of halogens is 3. The fourth-order valence-corrected chi connectivity index (χ4v) is 7.55. The standard InChI is InChI=1S/C36H35F3N6O4S/c1-21(27-15-17-40-31-19-24(43(3)4)9-13-29(27)31)35(22(2)28-16-18-41-32-20-25(44(5)6)10-14-30(28)32)33(46)45(34(47)42-35)23-7-11-26(12-8-23)50(48,49)36(37,38)39/h7-22H,1-6H3,(H,42,47). The Hall–Kier alpha value is -5.24. The third-order valence-electron chi connectivity index (χ3n) is 9.64. The van der Waals surface area contributed by atoms with Crippen molar-refractivity contribution in [1.82, 2.24) is 15.3 Å². The van der Waals surface area contributed by atoms with Crippen molar-refractivity contribution >= 4 is 60.6 Å². The fourth-order valence-electron chi connectivity index (χ4n) is 6.79. The molecule has 3 amide bonds. The highest BCUT2D eigenvalue weighted by atomic mass is 32.2. The van der Waals surface area contributed by atoms with Gasteiger partial charge in [-0.3, -0.25) is 14.8 Å². The lowest BCUT2D eigenvalue weighted by atomic mass is 9.68. The number of aromatic nitrogens is 2. The predicted octanol–water partition coefficient (Wildman–Crippen LogP) is 6.61. The van der Waals surface area contributed by atoms with E-state index in [1.54, 1.807) is 12.4 Å². The number of carbonyl (C=O) groups excluding carboxylic acids is 2. The second kappa shape index (κ2) is 12.3. The molecule has 2 unspecified atom stereocenters. The topological polar surface area (TPSA) is 116 Å². The molecule has 0 radical (unpaired) electrons. The number of benzene rings is 3. The molecule has 50 heavy (non-hydrogen) atoms. The van der Waals surface area contributed by atoms with Gasteiger partial charge in [-0.05, 0) is 71.8 Å². The van der Waals surface area contributed by atoms with Crippen LogP contribution in [0, 0.1) is 0 Å². The van der Waals surface area contributed by atoms with Crippen LogP contribution in [0.4, 0.5) is 35.0 Å². The Morgan fingerprint density at radius 2 is 1.20 bits per heavy atom. The normalized spacial score (nSPS) is 18.0. The summed E-state index contributed by atoms with van der Waals surface area (Å²) in [5.41, 5.74) is -2.54. The van der Waals surface area contributed by atoms with E-state index in [9.17, 15) is 31.2 Å². The van der Waals surface area contributed by atoms with Gasteiger partial charge in [0.25, 0.3) is 15.7 Å². The van der Waals surface area contributed by atoms with Gasteiger partial charge in [-0.15, -0.1) is 0 Å². The van der Waals surface area contributed by atoms with Crippen molar-refractivity contribution in [2.75, 3.05) is 42.9 Å². The molecule has 0 saturated carbocycles. The van der Waals surface area contributed by atoms with Gasteiger partial charge in [0.2, 0.25) is 0 Å². The lowest BCUT2D eigenvalue weighted by Crippen LogP contribution is -2.55. The molecule has 2 aromatic heterocycles. The summed E-state index contributed by atoms with van der Waals surface area (Å²) in [4.78, 5) is 41.8. The smallest absolute Gasteiger partial charge is 0.378 e. The van der Waals surface area contributed by atoms with Crippen LogP contribution < -0.4 is 20.0 Å². The summed E-state index contributed by atoms with van der Waals surface area (Å²) in [5.74, 6) is -2.01. The molecule has 10 nitrogen and oxygen atoms in total. The average Bonchev–Trinajstić information content (AvgIpc) is 3.35. The van der Waals surface area contributed by atoms with Crippen LogP contribution in [-0.2, 0) is 14.6 Å². The Morgan fingerprint density at radius 1 is 0.740 bits per heavy atom.